The van der Waals surface area contributed by atoms with Crippen LogP contribution >= 0.6 is 31.9 Å². The smallest absolute Gasteiger partial charge is 0.175 e. The summed E-state index contributed by atoms with van der Waals surface area (Å²) in [5.41, 5.74) is 1.15. The first kappa shape index (κ1) is 17.5. The zero-order valence-corrected chi connectivity index (χ0v) is 15.3. The molecule has 0 aliphatic rings. The minimum absolute atomic E-state index is 0.403. The van der Waals surface area contributed by atoms with E-state index in [0.717, 1.165) is 33.4 Å². The van der Waals surface area contributed by atoms with Crippen LogP contribution in [0.25, 0.3) is 0 Å². The summed E-state index contributed by atoms with van der Waals surface area (Å²) in [5.74, 6) is 2.04. The molecule has 0 amide bonds. The minimum Gasteiger partial charge on any atom is -0.493 e. The first-order valence-corrected chi connectivity index (χ1v) is 8.05. The Morgan fingerprint density at radius 3 is 2.65 bits per heavy atom. The van der Waals surface area contributed by atoms with Gasteiger partial charge in [0.1, 0.15) is 6.61 Å². The van der Waals surface area contributed by atoms with Crippen LogP contribution < -0.4 is 14.8 Å². The Hall–Kier alpha value is -0.520. The van der Waals surface area contributed by atoms with Crippen molar-refractivity contribution in [2.45, 2.75) is 20.4 Å². The molecule has 1 aromatic rings. The molecule has 0 atom stereocenters. The highest BCUT2D eigenvalue weighted by atomic mass is 79.9. The Morgan fingerprint density at radius 1 is 1.40 bits per heavy atom. The third-order valence-corrected chi connectivity index (χ3v) is 3.36. The Kier molecular flexibility index (Phi) is 7.62. The van der Waals surface area contributed by atoms with Gasteiger partial charge in [0.25, 0.3) is 0 Å². The van der Waals surface area contributed by atoms with Gasteiger partial charge in [0, 0.05) is 11.0 Å². The molecule has 0 aliphatic heterocycles. The van der Waals surface area contributed by atoms with E-state index in [0.29, 0.717) is 18.3 Å². The lowest BCUT2D eigenvalue weighted by Gasteiger charge is -2.15. The van der Waals surface area contributed by atoms with Gasteiger partial charge < -0.3 is 14.8 Å². The number of hydrogen-bond acceptors (Lipinski definition) is 3. The van der Waals surface area contributed by atoms with Crippen LogP contribution in [0.4, 0.5) is 0 Å². The molecule has 0 spiro atoms. The summed E-state index contributed by atoms with van der Waals surface area (Å²) in [7, 11) is 1.64. The molecule has 0 unspecified atom stereocenters. The van der Waals surface area contributed by atoms with E-state index in [1.807, 2.05) is 12.1 Å². The molecule has 5 heteroatoms. The molecule has 0 aliphatic carbocycles. The van der Waals surface area contributed by atoms with Crippen LogP contribution in [0.1, 0.15) is 19.4 Å². The highest BCUT2D eigenvalue weighted by Crippen LogP contribution is 2.37. The number of ether oxygens (including phenoxy) is 2. The molecule has 3 nitrogen and oxygen atoms in total. The summed E-state index contributed by atoms with van der Waals surface area (Å²) in [6, 6.07) is 4.03. The van der Waals surface area contributed by atoms with Gasteiger partial charge in [-0.25, -0.2) is 0 Å². The van der Waals surface area contributed by atoms with Crippen LogP contribution in [0.3, 0.4) is 0 Å². The summed E-state index contributed by atoms with van der Waals surface area (Å²) in [6.07, 6.45) is 0. The summed E-state index contributed by atoms with van der Waals surface area (Å²) >= 11 is 6.81. The first-order chi connectivity index (χ1) is 9.43. The van der Waals surface area contributed by atoms with Crippen molar-refractivity contribution in [3.8, 4) is 11.5 Å². The second-order valence-electron chi connectivity index (χ2n) is 4.94. The van der Waals surface area contributed by atoms with Gasteiger partial charge in [0.05, 0.1) is 11.6 Å². The molecule has 20 heavy (non-hydrogen) atoms. The fraction of sp³-hybridized carbons (Fsp3) is 0.467. The summed E-state index contributed by atoms with van der Waals surface area (Å²) in [4.78, 5) is 0. The number of halogens is 2. The minimum atomic E-state index is 0.403. The standard InChI is InChI=1S/C15H21Br2NO2/c1-10(2)7-18-8-12-5-13(17)15(14(6-12)19-4)20-9-11(3)16/h5-6,10,18H,3,7-9H2,1-2,4H3. The molecule has 0 aromatic heterocycles. The highest BCUT2D eigenvalue weighted by Gasteiger charge is 2.12. The van der Waals surface area contributed by atoms with Gasteiger partial charge in [-0.2, -0.15) is 0 Å². The van der Waals surface area contributed by atoms with Crippen LogP contribution in [-0.4, -0.2) is 20.3 Å². The Bertz CT molecular complexity index is 461. The Morgan fingerprint density at radius 2 is 2.10 bits per heavy atom. The monoisotopic (exact) mass is 405 g/mol. The van der Waals surface area contributed by atoms with Gasteiger partial charge in [0.15, 0.2) is 11.5 Å². The molecule has 1 N–H and O–H groups in total. The van der Waals surface area contributed by atoms with Crippen LogP contribution in [0, 0.1) is 5.92 Å². The van der Waals surface area contributed by atoms with Gasteiger partial charge >= 0.3 is 0 Å². The van der Waals surface area contributed by atoms with E-state index in [9.17, 15) is 0 Å². The predicted octanol–water partition coefficient (Wildman–Crippen LogP) is 4.49. The highest BCUT2D eigenvalue weighted by molar-refractivity contribution is 9.11. The molecule has 1 aromatic carbocycles. The summed E-state index contributed by atoms with van der Waals surface area (Å²) in [5, 5.41) is 3.41. The lowest BCUT2D eigenvalue weighted by atomic mass is 10.2. The molecule has 0 saturated heterocycles. The lowest BCUT2D eigenvalue weighted by molar-refractivity contribution is 0.322. The van der Waals surface area contributed by atoms with Crippen molar-refractivity contribution in [1.29, 1.82) is 0 Å². The van der Waals surface area contributed by atoms with E-state index in [4.69, 9.17) is 9.47 Å². The van der Waals surface area contributed by atoms with Gasteiger partial charge in [-0.15, -0.1) is 0 Å². The maximum Gasteiger partial charge on any atom is 0.175 e. The molecule has 0 radical (unpaired) electrons. The maximum absolute atomic E-state index is 5.68. The van der Waals surface area contributed by atoms with Crippen molar-refractivity contribution in [2.75, 3.05) is 20.3 Å². The number of nitrogens with one attached hydrogen (secondary N) is 1. The van der Waals surface area contributed by atoms with Crippen molar-refractivity contribution in [2.24, 2.45) is 5.92 Å². The normalized spacial score (nSPS) is 10.7. The Labute approximate surface area is 138 Å². The van der Waals surface area contributed by atoms with Crippen molar-refractivity contribution >= 4 is 31.9 Å². The number of hydrogen-bond donors (Lipinski definition) is 1. The van der Waals surface area contributed by atoms with E-state index in [1.54, 1.807) is 7.11 Å². The first-order valence-electron chi connectivity index (χ1n) is 6.47. The zero-order chi connectivity index (χ0) is 15.1. The van der Waals surface area contributed by atoms with Crippen molar-refractivity contribution in [1.82, 2.24) is 5.32 Å². The second kappa shape index (κ2) is 8.70. The fourth-order valence-electron chi connectivity index (χ4n) is 1.67. The largest absolute Gasteiger partial charge is 0.493 e. The van der Waals surface area contributed by atoms with E-state index < -0.39 is 0 Å². The molecule has 0 fully saturated rings. The van der Waals surface area contributed by atoms with Gasteiger partial charge in [0.2, 0.25) is 0 Å². The van der Waals surface area contributed by atoms with Crippen molar-refractivity contribution in [3.63, 3.8) is 0 Å². The van der Waals surface area contributed by atoms with Gasteiger partial charge in [-0.05, 0) is 46.1 Å². The number of benzene rings is 1. The molecule has 112 valence electrons. The van der Waals surface area contributed by atoms with Gasteiger partial charge in [-0.3, -0.25) is 0 Å². The Balaban J connectivity index is 2.81. The molecular weight excluding hydrogens is 386 g/mol. The average Bonchev–Trinajstić information content (AvgIpc) is 2.36. The van der Waals surface area contributed by atoms with Crippen LogP contribution in [0.2, 0.25) is 0 Å². The van der Waals surface area contributed by atoms with Crippen LogP contribution in [0.5, 0.6) is 11.5 Å². The molecular formula is C15H21Br2NO2. The van der Waals surface area contributed by atoms with E-state index >= 15 is 0 Å². The van der Waals surface area contributed by atoms with E-state index in [2.05, 4.69) is 57.6 Å². The third kappa shape index (κ3) is 5.85. The summed E-state index contributed by atoms with van der Waals surface area (Å²) < 4.78 is 12.7. The predicted molar refractivity (Wildman–Crippen MR) is 90.8 cm³/mol. The zero-order valence-electron chi connectivity index (χ0n) is 12.1. The maximum atomic E-state index is 5.68. The average molecular weight is 407 g/mol. The van der Waals surface area contributed by atoms with Crippen molar-refractivity contribution < 1.29 is 9.47 Å². The van der Waals surface area contributed by atoms with E-state index in [1.165, 1.54) is 0 Å². The molecule has 0 bridgehead atoms. The molecule has 0 heterocycles. The molecule has 0 saturated carbocycles. The lowest BCUT2D eigenvalue weighted by Crippen LogP contribution is -2.19. The topological polar surface area (TPSA) is 30.5 Å². The number of rotatable bonds is 8. The molecule has 1 rings (SSSR count). The quantitative estimate of drug-likeness (QED) is 0.689. The summed E-state index contributed by atoms with van der Waals surface area (Å²) in [6.45, 7) is 10.3. The van der Waals surface area contributed by atoms with E-state index in [-0.39, 0.29) is 0 Å². The van der Waals surface area contributed by atoms with Gasteiger partial charge in [-0.1, -0.05) is 36.4 Å². The van der Waals surface area contributed by atoms with Crippen LogP contribution in [0.15, 0.2) is 27.7 Å². The third-order valence-electron chi connectivity index (χ3n) is 2.54. The number of methoxy groups -OCH3 is 1. The van der Waals surface area contributed by atoms with Crippen LogP contribution in [-0.2, 0) is 6.54 Å². The van der Waals surface area contributed by atoms with Crippen molar-refractivity contribution in [3.05, 3.63) is 33.2 Å². The SMILES string of the molecule is C=C(Br)COc1c(Br)cc(CNCC(C)C)cc1OC. The second-order valence-corrected chi connectivity index (χ2v) is 6.92. The fourth-order valence-corrected chi connectivity index (χ4v) is 2.39.